The Morgan fingerprint density at radius 1 is 1.30 bits per heavy atom. The van der Waals surface area contributed by atoms with E-state index in [1.165, 1.54) is 6.92 Å². The van der Waals surface area contributed by atoms with E-state index in [0.717, 1.165) is 19.4 Å². The number of hydrogen-bond acceptors (Lipinski definition) is 4. The van der Waals surface area contributed by atoms with E-state index in [-0.39, 0.29) is 23.7 Å². The van der Waals surface area contributed by atoms with Gasteiger partial charge in [0.1, 0.15) is 0 Å². The van der Waals surface area contributed by atoms with E-state index in [1.807, 2.05) is 19.0 Å². The molecule has 0 aromatic heterocycles. The predicted octanol–water partition coefficient (Wildman–Crippen LogP) is 1.67. The van der Waals surface area contributed by atoms with Crippen molar-refractivity contribution in [3.05, 3.63) is 35.4 Å². The monoisotopic (exact) mass is 318 g/mol. The van der Waals surface area contributed by atoms with Crippen molar-refractivity contribution in [2.45, 2.75) is 19.8 Å². The fraction of sp³-hybridized carbons (Fsp3) is 0.556. The van der Waals surface area contributed by atoms with Crippen LogP contribution < -0.4 is 0 Å². The van der Waals surface area contributed by atoms with Gasteiger partial charge in [0.15, 0.2) is 5.78 Å². The minimum Gasteiger partial charge on any atom is -0.396 e. The van der Waals surface area contributed by atoms with Gasteiger partial charge in [0, 0.05) is 36.2 Å². The number of nitrogens with zero attached hydrogens (tertiary/aromatic N) is 2. The molecular weight excluding hydrogens is 292 g/mol. The summed E-state index contributed by atoms with van der Waals surface area (Å²) in [4.78, 5) is 28.2. The molecule has 1 aromatic carbocycles. The molecule has 0 unspecified atom stereocenters. The number of ketones is 1. The van der Waals surface area contributed by atoms with Gasteiger partial charge in [-0.05, 0) is 46.0 Å². The molecule has 1 aliphatic rings. The average molecular weight is 318 g/mol. The van der Waals surface area contributed by atoms with E-state index in [2.05, 4.69) is 4.90 Å². The molecule has 0 aliphatic carbocycles. The normalized spacial score (nSPS) is 21.5. The molecule has 1 heterocycles. The largest absolute Gasteiger partial charge is 0.396 e. The molecule has 0 spiro atoms. The maximum Gasteiger partial charge on any atom is 0.253 e. The summed E-state index contributed by atoms with van der Waals surface area (Å²) in [7, 11) is 3.96. The zero-order valence-corrected chi connectivity index (χ0v) is 14.2. The van der Waals surface area contributed by atoms with E-state index in [9.17, 15) is 14.7 Å². The van der Waals surface area contributed by atoms with Gasteiger partial charge >= 0.3 is 0 Å². The summed E-state index contributed by atoms with van der Waals surface area (Å²) in [6.07, 6.45) is 1.80. The Morgan fingerprint density at radius 2 is 2.00 bits per heavy atom. The molecule has 1 saturated heterocycles. The quantitative estimate of drug-likeness (QED) is 0.839. The van der Waals surface area contributed by atoms with Crippen LogP contribution in [0.25, 0.3) is 0 Å². The second kappa shape index (κ2) is 7.23. The predicted molar refractivity (Wildman–Crippen MR) is 89.7 cm³/mol. The van der Waals surface area contributed by atoms with Crippen molar-refractivity contribution in [1.29, 1.82) is 0 Å². The zero-order valence-electron chi connectivity index (χ0n) is 14.2. The first kappa shape index (κ1) is 17.6. The summed E-state index contributed by atoms with van der Waals surface area (Å²) >= 11 is 0. The number of piperidine rings is 1. The van der Waals surface area contributed by atoms with Gasteiger partial charge in [-0.1, -0.05) is 12.1 Å². The number of rotatable bonds is 5. The van der Waals surface area contributed by atoms with Crippen molar-refractivity contribution in [2.24, 2.45) is 5.41 Å². The number of likely N-dealkylation sites (tertiary alicyclic amines) is 1. The number of carbonyl (C=O) groups is 2. The zero-order chi connectivity index (χ0) is 17.0. The van der Waals surface area contributed by atoms with Crippen LogP contribution in [0.5, 0.6) is 0 Å². The van der Waals surface area contributed by atoms with Crippen LogP contribution in [0.3, 0.4) is 0 Å². The first-order valence-electron chi connectivity index (χ1n) is 8.03. The second-order valence-electron chi connectivity index (χ2n) is 6.86. The molecule has 0 radical (unpaired) electrons. The third-order valence-corrected chi connectivity index (χ3v) is 4.45. The molecule has 23 heavy (non-hydrogen) atoms. The van der Waals surface area contributed by atoms with Gasteiger partial charge in [0.25, 0.3) is 5.91 Å². The van der Waals surface area contributed by atoms with Crippen LogP contribution in [0.2, 0.25) is 0 Å². The molecular formula is C18H26N2O3. The minimum atomic E-state index is -0.268. The van der Waals surface area contributed by atoms with Crippen LogP contribution in [-0.2, 0) is 0 Å². The van der Waals surface area contributed by atoms with Crippen LogP contribution in [0, 0.1) is 5.41 Å². The highest BCUT2D eigenvalue weighted by Gasteiger charge is 2.37. The van der Waals surface area contributed by atoms with Crippen molar-refractivity contribution in [1.82, 2.24) is 9.80 Å². The minimum absolute atomic E-state index is 0.0457. The van der Waals surface area contributed by atoms with Crippen molar-refractivity contribution < 1.29 is 14.7 Å². The van der Waals surface area contributed by atoms with Crippen LogP contribution in [-0.4, -0.2) is 66.9 Å². The van der Waals surface area contributed by atoms with Crippen molar-refractivity contribution in [3.8, 4) is 0 Å². The lowest BCUT2D eigenvalue weighted by Crippen LogP contribution is -2.51. The summed E-state index contributed by atoms with van der Waals surface area (Å²) in [5, 5.41) is 9.87. The van der Waals surface area contributed by atoms with E-state index >= 15 is 0 Å². The molecule has 126 valence electrons. The molecule has 1 amide bonds. The van der Waals surface area contributed by atoms with Crippen LogP contribution >= 0.6 is 0 Å². The molecule has 1 N–H and O–H groups in total. The summed E-state index contributed by atoms with van der Waals surface area (Å²) in [5.74, 6) is -0.111. The fourth-order valence-electron chi connectivity index (χ4n) is 3.41. The van der Waals surface area contributed by atoms with Gasteiger partial charge in [-0.2, -0.15) is 0 Å². The number of Topliss-reactive ketones (excluding diaryl/α,β-unsaturated/α-hetero) is 1. The van der Waals surface area contributed by atoms with Crippen LogP contribution in [0.15, 0.2) is 24.3 Å². The lowest BCUT2D eigenvalue weighted by atomic mass is 9.80. The van der Waals surface area contributed by atoms with Gasteiger partial charge in [-0.25, -0.2) is 0 Å². The number of aliphatic hydroxyl groups is 1. The van der Waals surface area contributed by atoms with E-state index in [0.29, 0.717) is 24.2 Å². The van der Waals surface area contributed by atoms with Gasteiger partial charge < -0.3 is 14.9 Å². The van der Waals surface area contributed by atoms with E-state index in [4.69, 9.17) is 0 Å². The fourth-order valence-corrected chi connectivity index (χ4v) is 3.41. The molecule has 0 saturated carbocycles. The Balaban J connectivity index is 2.19. The van der Waals surface area contributed by atoms with Gasteiger partial charge in [-0.3, -0.25) is 9.59 Å². The molecule has 2 rings (SSSR count). The molecule has 1 aromatic rings. The first-order chi connectivity index (χ1) is 10.9. The van der Waals surface area contributed by atoms with Crippen molar-refractivity contribution in [3.63, 3.8) is 0 Å². The van der Waals surface area contributed by atoms with Crippen LogP contribution in [0.4, 0.5) is 0 Å². The topological polar surface area (TPSA) is 60.9 Å². The second-order valence-corrected chi connectivity index (χ2v) is 6.86. The third-order valence-electron chi connectivity index (χ3n) is 4.45. The Labute approximate surface area is 137 Å². The summed E-state index contributed by atoms with van der Waals surface area (Å²) in [5.41, 5.74) is 0.821. The maximum atomic E-state index is 12.8. The number of aliphatic hydroxyl groups excluding tert-OH is 1. The summed E-state index contributed by atoms with van der Waals surface area (Å²) in [6, 6.07) is 6.87. The van der Waals surface area contributed by atoms with Crippen molar-refractivity contribution >= 4 is 11.7 Å². The maximum absolute atomic E-state index is 12.8. The Morgan fingerprint density at radius 3 is 2.61 bits per heavy atom. The molecule has 1 aliphatic heterocycles. The summed E-state index contributed by atoms with van der Waals surface area (Å²) < 4.78 is 0. The first-order valence-corrected chi connectivity index (χ1v) is 8.03. The summed E-state index contributed by atoms with van der Waals surface area (Å²) in [6.45, 7) is 3.56. The van der Waals surface area contributed by atoms with Gasteiger partial charge in [0.05, 0.1) is 6.61 Å². The molecule has 1 atom stereocenters. The highest BCUT2D eigenvalue weighted by Crippen LogP contribution is 2.31. The Kier molecular flexibility index (Phi) is 5.55. The lowest BCUT2D eigenvalue weighted by molar-refractivity contribution is 0.0138. The standard InChI is InChI=1S/C18H26N2O3/c1-14(22)15-6-4-7-16(10-15)17(23)20-9-5-8-18(12-20,13-21)11-19(2)3/h4,6-7,10,21H,5,8-9,11-13H2,1-3H3/t18-/m0/s1. The number of hydrogen-bond donors (Lipinski definition) is 1. The van der Waals surface area contributed by atoms with Gasteiger partial charge in [0.2, 0.25) is 0 Å². The van der Waals surface area contributed by atoms with Crippen LogP contribution in [0.1, 0.15) is 40.5 Å². The molecule has 1 fully saturated rings. The third kappa shape index (κ3) is 4.18. The average Bonchev–Trinajstić information content (AvgIpc) is 2.53. The Hall–Kier alpha value is -1.72. The number of benzene rings is 1. The smallest absolute Gasteiger partial charge is 0.253 e. The van der Waals surface area contributed by atoms with Gasteiger partial charge in [-0.15, -0.1) is 0 Å². The Bertz CT molecular complexity index is 585. The SMILES string of the molecule is CC(=O)c1cccc(C(=O)N2CCC[C@](CO)(CN(C)C)C2)c1. The highest BCUT2D eigenvalue weighted by atomic mass is 16.3. The van der Waals surface area contributed by atoms with E-state index < -0.39 is 0 Å². The lowest BCUT2D eigenvalue weighted by Gasteiger charge is -2.43. The molecule has 5 heteroatoms. The molecule has 5 nitrogen and oxygen atoms in total. The van der Waals surface area contributed by atoms with E-state index in [1.54, 1.807) is 24.3 Å². The highest BCUT2D eigenvalue weighted by molar-refractivity contribution is 5.99. The molecule has 0 bridgehead atoms. The number of carbonyl (C=O) groups excluding carboxylic acids is 2. The number of amides is 1. The van der Waals surface area contributed by atoms with Crippen molar-refractivity contribution in [2.75, 3.05) is 40.3 Å².